The van der Waals surface area contributed by atoms with Gasteiger partial charge in [0.25, 0.3) is 5.91 Å². The Morgan fingerprint density at radius 3 is 2.78 bits per heavy atom. The molecule has 7 nitrogen and oxygen atoms in total. The predicted octanol–water partition coefficient (Wildman–Crippen LogP) is 1.08. The van der Waals surface area contributed by atoms with Gasteiger partial charge in [0.1, 0.15) is 12.6 Å². The van der Waals surface area contributed by atoms with Gasteiger partial charge in [0, 0.05) is 25.0 Å². The third-order valence-corrected chi connectivity index (χ3v) is 3.73. The highest BCUT2D eigenvalue weighted by molar-refractivity contribution is 6.01. The van der Waals surface area contributed by atoms with Crippen LogP contribution >= 0.6 is 0 Å². The maximum Gasteiger partial charge on any atom is 0.290 e. The molecule has 0 atom stereocenters. The molecule has 0 spiro atoms. The van der Waals surface area contributed by atoms with Gasteiger partial charge < -0.3 is 14.8 Å². The molecule has 116 valence electrons. The number of nitrogens with one attached hydrogen (secondary N) is 1. The van der Waals surface area contributed by atoms with Gasteiger partial charge in [-0.25, -0.2) is 4.98 Å². The van der Waals surface area contributed by atoms with Crippen molar-refractivity contribution in [2.45, 2.75) is 6.92 Å². The number of hydrogen-bond acceptors (Lipinski definition) is 4. The highest BCUT2D eigenvalue weighted by atomic mass is 16.2. The number of rotatable bonds is 2. The van der Waals surface area contributed by atoms with E-state index in [9.17, 15) is 9.59 Å². The zero-order chi connectivity index (χ0) is 16.4. The van der Waals surface area contributed by atoms with Gasteiger partial charge in [0.15, 0.2) is 5.82 Å². The van der Waals surface area contributed by atoms with Crippen LogP contribution in [0, 0.1) is 18.3 Å². The summed E-state index contributed by atoms with van der Waals surface area (Å²) in [6.07, 6.45) is 1.58. The number of imidazole rings is 1. The Morgan fingerprint density at radius 2 is 2.13 bits per heavy atom. The molecule has 2 heterocycles. The molecule has 3 rings (SSSR count). The van der Waals surface area contributed by atoms with Gasteiger partial charge in [-0.2, -0.15) is 5.26 Å². The average molecular weight is 309 g/mol. The molecular formula is C16H15N5O2. The van der Waals surface area contributed by atoms with E-state index < -0.39 is 0 Å². The number of nitrogens with zero attached hydrogens (tertiary/aromatic N) is 4. The SMILES string of the molecule is Cc1cnc(C(=O)N2CCN(c3ccccc3C#N)C(=O)C2)[nH]1. The maximum atomic E-state index is 12.4. The van der Waals surface area contributed by atoms with Crippen molar-refractivity contribution >= 4 is 17.5 Å². The third kappa shape index (κ3) is 2.79. The van der Waals surface area contributed by atoms with Crippen LogP contribution in [0.4, 0.5) is 5.69 Å². The number of carbonyl (C=O) groups excluding carboxylic acids is 2. The second kappa shape index (κ2) is 5.93. The summed E-state index contributed by atoms with van der Waals surface area (Å²) >= 11 is 0. The van der Waals surface area contributed by atoms with Crippen LogP contribution in [0.2, 0.25) is 0 Å². The number of para-hydroxylation sites is 1. The van der Waals surface area contributed by atoms with E-state index in [1.807, 2.05) is 6.92 Å². The number of aromatic amines is 1. The van der Waals surface area contributed by atoms with Crippen molar-refractivity contribution in [1.29, 1.82) is 5.26 Å². The number of piperazine rings is 1. The molecule has 7 heteroatoms. The second-order valence-corrected chi connectivity index (χ2v) is 5.32. The molecule has 0 radical (unpaired) electrons. The van der Waals surface area contributed by atoms with Gasteiger partial charge >= 0.3 is 0 Å². The summed E-state index contributed by atoms with van der Waals surface area (Å²) in [5, 5.41) is 9.16. The number of H-pyrrole nitrogens is 1. The molecule has 1 N–H and O–H groups in total. The Morgan fingerprint density at radius 1 is 1.35 bits per heavy atom. The lowest BCUT2D eigenvalue weighted by molar-refractivity contribution is -0.120. The molecule has 2 amide bonds. The number of nitriles is 1. The molecule has 1 saturated heterocycles. The molecule has 0 aliphatic carbocycles. The smallest absolute Gasteiger partial charge is 0.290 e. The fourth-order valence-corrected chi connectivity index (χ4v) is 2.58. The van der Waals surface area contributed by atoms with Crippen molar-refractivity contribution in [3.8, 4) is 6.07 Å². The molecule has 23 heavy (non-hydrogen) atoms. The molecule has 2 aromatic rings. The van der Waals surface area contributed by atoms with E-state index in [2.05, 4.69) is 16.0 Å². The van der Waals surface area contributed by atoms with E-state index in [1.165, 1.54) is 4.90 Å². The van der Waals surface area contributed by atoms with E-state index in [1.54, 1.807) is 35.4 Å². The minimum absolute atomic E-state index is 0.0294. The summed E-state index contributed by atoms with van der Waals surface area (Å²) in [5.74, 6) is -0.267. The first kappa shape index (κ1) is 14.8. The first-order valence-corrected chi connectivity index (χ1v) is 7.20. The highest BCUT2D eigenvalue weighted by Crippen LogP contribution is 2.22. The normalized spacial score (nSPS) is 14.7. The Labute approximate surface area is 133 Å². The minimum atomic E-state index is -0.292. The van der Waals surface area contributed by atoms with Crippen molar-refractivity contribution in [3.05, 3.63) is 47.5 Å². The summed E-state index contributed by atoms with van der Waals surface area (Å²) in [6.45, 7) is 2.52. The lowest BCUT2D eigenvalue weighted by Gasteiger charge is -2.34. The van der Waals surface area contributed by atoms with Gasteiger partial charge in [0.2, 0.25) is 5.91 Å². The summed E-state index contributed by atoms with van der Waals surface area (Å²) in [6, 6.07) is 9.04. The van der Waals surface area contributed by atoms with Crippen LogP contribution < -0.4 is 4.90 Å². The van der Waals surface area contributed by atoms with E-state index in [0.717, 1.165) is 5.69 Å². The summed E-state index contributed by atoms with van der Waals surface area (Å²) in [7, 11) is 0. The van der Waals surface area contributed by atoms with Crippen LogP contribution in [0.1, 0.15) is 21.9 Å². The molecule has 0 bridgehead atoms. The van der Waals surface area contributed by atoms with Gasteiger partial charge in [-0.05, 0) is 19.1 Å². The lowest BCUT2D eigenvalue weighted by atomic mass is 10.1. The first-order valence-electron chi connectivity index (χ1n) is 7.20. The van der Waals surface area contributed by atoms with Crippen LogP contribution in [0.5, 0.6) is 0 Å². The Bertz CT molecular complexity index is 805. The van der Waals surface area contributed by atoms with Crippen molar-refractivity contribution in [1.82, 2.24) is 14.9 Å². The molecule has 0 saturated carbocycles. The predicted molar refractivity (Wildman–Crippen MR) is 82.7 cm³/mol. The largest absolute Gasteiger partial charge is 0.338 e. The molecule has 1 fully saturated rings. The quantitative estimate of drug-likeness (QED) is 0.898. The minimum Gasteiger partial charge on any atom is -0.338 e. The Hall–Kier alpha value is -3.14. The van der Waals surface area contributed by atoms with Gasteiger partial charge in [-0.1, -0.05) is 12.1 Å². The fourth-order valence-electron chi connectivity index (χ4n) is 2.58. The average Bonchev–Trinajstić information content (AvgIpc) is 3.00. The topological polar surface area (TPSA) is 93.1 Å². The van der Waals surface area contributed by atoms with Gasteiger partial charge in [0.05, 0.1) is 11.3 Å². The fraction of sp³-hybridized carbons (Fsp3) is 0.250. The number of aromatic nitrogens is 2. The maximum absolute atomic E-state index is 12.4. The molecular weight excluding hydrogens is 294 g/mol. The summed E-state index contributed by atoms with van der Waals surface area (Å²) < 4.78 is 0. The van der Waals surface area contributed by atoms with Gasteiger partial charge in [-0.15, -0.1) is 0 Å². The molecule has 0 unspecified atom stereocenters. The van der Waals surface area contributed by atoms with Crippen molar-refractivity contribution in [2.24, 2.45) is 0 Å². The van der Waals surface area contributed by atoms with Crippen LogP contribution in [0.3, 0.4) is 0 Å². The van der Waals surface area contributed by atoms with Crippen LogP contribution in [0.25, 0.3) is 0 Å². The number of anilines is 1. The number of hydrogen-bond donors (Lipinski definition) is 1. The highest BCUT2D eigenvalue weighted by Gasteiger charge is 2.30. The Balaban J connectivity index is 1.76. The van der Waals surface area contributed by atoms with Crippen molar-refractivity contribution < 1.29 is 9.59 Å². The van der Waals surface area contributed by atoms with E-state index in [4.69, 9.17) is 5.26 Å². The molecule has 1 aromatic carbocycles. The summed E-state index contributed by atoms with van der Waals surface area (Å²) in [5.41, 5.74) is 1.82. The number of amides is 2. The molecule has 1 aliphatic rings. The van der Waals surface area contributed by atoms with Crippen LogP contribution in [0.15, 0.2) is 30.5 Å². The monoisotopic (exact) mass is 309 g/mol. The van der Waals surface area contributed by atoms with E-state index >= 15 is 0 Å². The molecule has 1 aliphatic heterocycles. The van der Waals surface area contributed by atoms with Crippen LogP contribution in [-0.4, -0.2) is 46.3 Å². The lowest BCUT2D eigenvalue weighted by Crippen LogP contribution is -2.52. The third-order valence-electron chi connectivity index (χ3n) is 3.73. The Kier molecular flexibility index (Phi) is 3.81. The van der Waals surface area contributed by atoms with Crippen molar-refractivity contribution in [2.75, 3.05) is 24.5 Å². The number of benzene rings is 1. The van der Waals surface area contributed by atoms with E-state index in [0.29, 0.717) is 24.3 Å². The zero-order valence-electron chi connectivity index (χ0n) is 12.6. The molecule has 1 aromatic heterocycles. The van der Waals surface area contributed by atoms with E-state index in [-0.39, 0.29) is 24.2 Å². The second-order valence-electron chi connectivity index (χ2n) is 5.32. The first-order chi connectivity index (χ1) is 11.1. The number of aryl methyl sites for hydroxylation is 1. The number of carbonyl (C=O) groups is 2. The summed E-state index contributed by atoms with van der Waals surface area (Å²) in [4.78, 5) is 34.6. The standard InChI is InChI=1S/C16H15N5O2/c1-11-9-18-15(19-11)16(23)20-6-7-21(14(22)10-20)13-5-3-2-4-12(13)8-17/h2-5,9H,6-7,10H2,1H3,(H,18,19). The van der Waals surface area contributed by atoms with Crippen molar-refractivity contribution in [3.63, 3.8) is 0 Å². The zero-order valence-corrected chi connectivity index (χ0v) is 12.6. The van der Waals surface area contributed by atoms with Crippen LogP contribution in [-0.2, 0) is 4.79 Å². The van der Waals surface area contributed by atoms with Gasteiger partial charge in [-0.3, -0.25) is 9.59 Å².